The first-order valence-corrected chi connectivity index (χ1v) is 11.2. The monoisotopic (exact) mass is 423 g/mol. The van der Waals surface area contributed by atoms with Crippen LogP contribution >= 0.6 is 11.3 Å². The second-order valence-electron chi connectivity index (χ2n) is 8.29. The predicted molar refractivity (Wildman–Crippen MR) is 115 cm³/mol. The van der Waals surface area contributed by atoms with Crippen molar-refractivity contribution < 1.29 is 9.59 Å². The van der Waals surface area contributed by atoms with Gasteiger partial charge in [0, 0.05) is 24.5 Å². The van der Waals surface area contributed by atoms with Crippen LogP contribution in [0.4, 0.5) is 4.79 Å². The number of aromatic nitrogens is 2. The number of carbonyl (C=O) groups excluding carboxylic acids is 2. The summed E-state index contributed by atoms with van der Waals surface area (Å²) in [6, 6.07) is 9.56. The Morgan fingerprint density at radius 1 is 1.20 bits per heavy atom. The molecule has 2 aliphatic rings. The summed E-state index contributed by atoms with van der Waals surface area (Å²) in [5.74, 6) is -0.0884. The zero-order chi connectivity index (χ0) is 20.7. The topological polar surface area (TPSA) is 78.7 Å². The van der Waals surface area contributed by atoms with Gasteiger partial charge in [0.25, 0.3) is 5.91 Å². The molecule has 0 radical (unpaired) electrons. The van der Waals surface area contributed by atoms with Crippen LogP contribution in [0.5, 0.6) is 0 Å². The van der Waals surface area contributed by atoms with Crippen molar-refractivity contribution in [2.24, 2.45) is 5.92 Å². The van der Waals surface area contributed by atoms with Crippen LogP contribution in [0.25, 0.3) is 4.96 Å². The maximum absolute atomic E-state index is 12.9. The van der Waals surface area contributed by atoms with Crippen LogP contribution in [0.15, 0.2) is 41.9 Å². The van der Waals surface area contributed by atoms with Gasteiger partial charge < -0.3 is 5.32 Å². The number of aryl methyl sites for hydroxylation is 1. The second kappa shape index (κ2) is 7.52. The number of nitrogens with zero attached hydrogens (tertiary/aromatic N) is 3. The standard InChI is InChI=1S/C22H25N5O2S/c1-15-18(27-11-12-30-21(27)23-15)14-26-9-7-17(8-10-26)22(19(28)24-20(29)25-22)13-16-5-3-2-4-6-16/h2-6,11-12,17H,7-10,13-14H2,1H3,(H2,24,25,28,29)/t22-/m1/s1. The van der Waals surface area contributed by atoms with Gasteiger partial charge in [0.1, 0.15) is 5.54 Å². The number of benzene rings is 1. The molecule has 1 aromatic carbocycles. The summed E-state index contributed by atoms with van der Waals surface area (Å²) >= 11 is 1.65. The molecule has 0 aliphatic carbocycles. The van der Waals surface area contributed by atoms with Gasteiger partial charge in [0.05, 0.1) is 11.4 Å². The number of amides is 3. The van der Waals surface area contributed by atoms with Crippen molar-refractivity contribution >= 4 is 28.2 Å². The molecule has 156 valence electrons. The van der Waals surface area contributed by atoms with Gasteiger partial charge in [-0.05, 0) is 44.3 Å². The van der Waals surface area contributed by atoms with Gasteiger partial charge in [-0.25, -0.2) is 9.78 Å². The Morgan fingerprint density at radius 3 is 2.67 bits per heavy atom. The highest BCUT2D eigenvalue weighted by Crippen LogP contribution is 2.34. The summed E-state index contributed by atoms with van der Waals surface area (Å²) in [4.78, 5) is 33.0. The van der Waals surface area contributed by atoms with Crippen molar-refractivity contribution in [3.8, 4) is 0 Å². The average Bonchev–Trinajstić information content (AvgIpc) is 3.39. The summed E-state index contributed by atoms with van der Waals surface area (Å²) in [5, 5.41) is 7.54. The molecule has 30 heavy (non-hydrogen) atoms. The number of piperidine rings is 1. The molecule has 0 spiro atoms. The molecule has 2 fully saturated rings. The van der Waals surface area contributed by atoms with Crippen molar-refractivity contribution in [2.45, 2.75) is 38.3 Å². The maximum Gasteiger partial charge on any atom is 0.322 e. The second-order valence-corrected chi connectivity index (χ2v) is 9.16. The minimum absolute atomic E-state index is 0.105. The Hall–Kier alpha value is -2.71. The number of thiazole rings is 1. The molecule has 0 unspecified atom stereocenters. The van der Waals surface area contributed by atoms with E-state index in [0.29, 0.717) is 6.42 Å². The predicted octanol–water partition coefficient (Wildman–Crippen LogP) is 2.74. The third kappa shape index (κ3) is 3.30. The van der Waals surface area contributed by atoms with Crippen molar-refractivity contribution in [1.29, 1.82) is 0 Å². The highest BCUT2D eigenvalue weighted by molar-refractivity contribution is 7.15. The van der Waals surface area contributed by atoms with E-state index in [9.17, 15) is 9.59 Å². The molecular formula is C22H25N5O2S. The smallest absolute Gasteiger partial charge is 0.322 e. The molecule has 2 aliphatic heterocycles. The number of hydrogen-bond donors (Lipinski definition) is 2. The number of urea groups is 1. The number of likely N-dealkylation sites (tertiary alicyclic amines) is 1. The van der Waals surface area contributed by atoms with E-state index in [-0.39, 0.29) is 17.9 Å². The lowest BCUT2D eigenvalue weighted by atomic mass is 9.74. The average molecular weight is 424 g/mol. The van der Waals surface area contributed by atoms with Gasteiger partial charge in [0.15, 0.2) is 4.96 Å². The van der Waals surface area contributed by atoms with E-state index in [4.69, 9.17) is 0 Å². The summed E-state index contributed by atoms with van der Waals surface area (Å²) < 4.78 is 2.17. The molecule has 0 bridgehead atoms. The van der Waals surface area contributed by atoms with Gasteiger partial charge in [-0.1, -0.05) is 30.3 Å². The van der Waals surface area contributed by atoms with Crippen LogP contribution in [0.3, 0.4) is 0 Å². The zero-order valence-electron chi connectivity index (χ0n) is 16.9. The van der Waals surface area contributed by atoms with Crippen molar-refractivity contribution in [3.63, 3.8) is 0 Å². The van der Waals surface area contributed by atoms with Gasteiger partial charge in [-0.2, -0.15) is 0 Å². The Morgan fingerprint density at radius 2 is 1.97 bits per heavy atom. The summed E-state index contributed by atoms with van der Waals surface area (Å²) in [5.41, 5.74) is 2.51. The SMILES string of the molecule is Cc1nc2sccn2c1CN1CCC([C@@]2(Cc3ccccc3)NC(=O)NC2=O)CC1. The summed E-state index contributed by atoms with van der Waals surface area (Å²) in [6.45, 7) is 4.69. The normalized spacial score (nSPS) is 23.1. The molecule has 2 saturated heterocycles. The fourth-order valence-electron chi connectivity index (χ4n) is 4.91. The van der Waals surface area contributed by atoms with E-state index in [1.165, 1.54) is 5.69 Å². The fraction of sp³-hybridized carbons (Fsp3) is 0.409. The third-order valence-corrected chi connectivity index (χ3v) is 7.27. The molecule has 5 rings (SSSR count). The lowest BCUT2D eigenvalue weighted by Gasteiger charge is -2.40. The number of fused-ring (bicyclic) bond motifs is 1. The Bertz CT molecular complexity index is 1080. The van der Waals surface area contributed by atoms with Crippen molar-refractivity contribution in [1.82, 2.24) is 24.9 Å². The van der Waals surface area contributed by atoms with E-state index in [1.807, 2.05) is 30.3 Å². The Kier molecular flexibility index (Phi) is 4.83. The van der Waals surface area contributed by atoms with E-state index >= 15 is 0 Å². The number of imidazole rings is 1. The number of imide groups is 1. The molecule has 1 atom stereocenters. The fourth-order valence-corrected chi connectivity index (χ4v) is 5.68. The first kappa shape index (κ1) is 19.3. The van der Waals surface area contributed by atoms with Crippen LogP contribution in [-0.2, 0) is 17.8 Å². The molecule has 3 amide bonds. The molecule has 2 N–H and O–H groups in total. The van der Waals surface area contributed by atoms with E-state index in [0.717, 1.165) is 48.7 Å². The minimum Gasteiger partial charge on any atom is -0.323 e. The first-order valence-electron chi connectivity index (χ1n) is 10.4. The largest absolute Gasteiger partial charge is 0.323 e. The van der Waals surface area contributed by atoms with Crippen LogP contribution in [0.2, 0.25) is 0 Å². The minimum atomic E-state index is -0.863. The molecule has 4 heterocycles. The van der Waals surface area contributed by atoms with Gasteiger partial charge >= 0.3 is 6.03 Å². The Balaban J connectivity index is 1.32. The molecular weight excluding hydrogens is 398 g/mol. The van der Waals surface area contributed by atoms with Crippen LogP contribution in [-0.4, -0.2) is 44.9 Å². The molecule has 8 heteroatoms. The zero-order valence-corrected chi connectivity index (χ0v) is 17.7. The highest BCUT2D eigenvalue weighted by Gasteiger charge is 2.52. The lowest BCUT2D eigenvalue weighted by molar-refractivity contribution is -0.126. The maximum atomic E-state index is 12.9. The van der Waals surface area contributed by atoms with Crippen LogP contribution in [0, 0.1) is 12.8 Å². The molecule has 2 aromatic heterocycles. The molecule has 0 saturated carbocycles. The van der Waals surface area contributed by atoms with Gasteiger partial charge in [-0.3, -0.25) is 19.4 Å². The van der Waals surface area contributed by atoms with Crippen molar-refractivity contribution in [3.05, 3.63) is 58.9 Å². The number of hydrogen-bond acceptors (Lipinski definition) is 5. The highest BCUT2D eigenvalue weighted by atomic mass is 32.1. The number of nitrogens with one attached hydrogen (secondary N) is 2. The van der Waals surface area contributed by atoms with E-state index in [2.05, 4.69) is 43.4 Å². The first-order chi connectivity index (χ1) is 14.5. The van der Waals surface area contributed by atoms with Crippen LogP contribution in [0.1, 0.15) is 29.8 Å². The number of rotatable bonds is 5. The van der Waals surface area contributed by atoms with E-state index < -0.39 is 5.54 Å². The quantitative estimate of drug-likeness (QED) is 0.619. The van der Waals surface area contributed by atoms with Crippen molar-refractivity contribution in [2.75, 3.05) is 13.1 Å². The molecule has 3 aromatic rings. The van der Waals surface area contributed by atoms with Crippen LogP contribution < -0.4 is 10.6 Å². The summed E-state index contributed by atoms with van der Waals surface area (Å²) in [6.07, 6.45) is 4.33. The molecule has 7 nitrogen and oxygen atoms in total. The number of carbonyl (C=O) groups is 2. The van der Waals surface area contributed by atoms with E-state index in [1.54, 1.807) is 11.3 Å². The van der Waals surface area contributed by atoms with Gasteiger partial charge in [-0.15, -0.1) is 11.3 Å². The van der Waals surface area contributed by atoms with Gasteiger partial charge in [0.2, 0.25) is 0 Å². The Labute approximate surface area is 179 Å². The third-order valence-electron chi connectivity index (χ3n) is 6.51. The summed E-state index contributed by atoms with van der Waals surface area (Å²) in [7, 11) is 0. The lowest BCUT2D eigenvalue weighted by Crippen LogP contribution is -2.57.